The zero-order valence-electron chi connectivity index (χ0n) is 52.0. The van der Waals surface area contributed by atoms with Crippen molar-refractivity contribution in [1.82, 2.24) is 40.9 Å². The van der Waals surface area contributed by atoms with Crippen LogP contribution in [0.5, 0.6) is 0 Å². The van der Waals surface area contributed by atoms with Crippen LogP contribution in [-0.4, -0.2) is 191 Å². The predicted molar refractivity (Wildman–Crippen MR) is 299 cm³/mol. The number of carbonyl (C=O) groups excluding carboxylic acids is 11. The number of likely N-dealkylation sites (N-methyl/N-ethyl adjacent to an activating group) is 4. The topological polar surface area (TPSA) is 297 Å². The highest BCUT2D eigenvalue weighted by molar-refractivity contribution is 5.98. The highest BCUT2D eigenvalue weighted by Gasteiger charge is 2.45. The first-order valence-corrected chi connectivity index (χ1v) is 28.4. The summed E-state index contributed by atoms with van der Waals surface area (Å²) in [4.78, 5) is 162. The van der Waals surface area contributed by atoms with E-state index in [0.717, 1.165) is 14.7 Å². The van der Waals surface area contributed by atoms with E-state index >= 15 is 0 Å². The van der Waals surface area contributed by atoms with Crippen LogP contribution in [0.1, 0.15) is 157 Å². The molecular weight excluding hydrogens is 1040 g/mol. The minimum absolute atomic E-state index is 0.0141. The molecule has 1 fully saturated rings. The minimum Gasteiger partial charge on any atom is -0.458 e. The van der Waals surface area contributed by atoms with E-state index in [2.05, 4.69) is 21.3 Å². The van der Waals surface area contributed by atoms with Crippen LogP contribution in [-0.2, 0) is 67.0 Å². The lowest BCUT2D eigenvalue weighted by molar-refractivity contribution is -0.181. The van der Waals surface area contributed by atoms with Crippen molar-refractivity contribution < 1.29 is 72.1 Å². The third-order valence-corrected chi connectivity index (χ3v) is 14.8. The Morgan fingerprint density at radius 2 is 1.10 bits per heavy atom. The largest absolute Gasteiger partial charge is 0.458 e. The van der Waals surface area contributed by atoms with E-state index in [4.69, 9.17) is 14.2 Å². The van der Waals surface area contributed by atoms with Crippen molar-refractivity contribution in [3.63, 3.8) is 0 Å². The first-order valence-electron chi connectivity index (χ1n) is 28.4. The van der Waals surface area contributed by atoms with Gasteiger partial charge in [-0.25, -0.2) is 14.4 Å². The molecule has 0 radical (unpaired) electrons. The predicted octanol–water partition coefficient (Wildman–Crippen LogP) is 2.97. The fraction of sp³-hybridized carbons (Fsp3) is 0.807. The number of carbonyl (C=O) groups is 11. The van der Waals surface area contributed by atoms with E-state index in [1.165, 1.54) is 60.8 Å². The van der Waals surface area contributed by atoms with Gasteiger partial charge in [-0.2, -0.15) is 0 Å². The zero-order valence-corrected chi connectivity index (χ0v) is 52.0. The summed E-state index contributed by atoms with van der Waals surface area (Å²) >= 11 is 0. The molecular formula is C57H100N8O15. The molecule has 5 N–H and O–H groups in total. The number of hydrogen-bond acceptors (Lipinski definition) is 15. The number of esters is 3. The monoisotopic (exact) mass is 1140 g/mol. The van der Waals surface area contributed by atoms with Gasteiger partial charge in [-0.1, -0.05) is 110 Å². The molecule has 8 amide bonds. The molecule has 0 aromatic heterocycles. The van der Waals surface area contributed by atoms with Crippen molar-refractivity contribution in [3.05, 3.63) is 0 Å². The maximum atomic E-state index is 14.7. The second-order valence-electron chi connectivity index (χ2n) is 23.9. The summed E-state index contributed by atoms with van der Waals surface area (Å²) in [6.45, 7) is 29.4. The lowest BCUT2D eigenvalue weighted by atomic mass is 9.94. The van der Waals surface area contributed by atoms with Crippen molar-refractivity contribution in [1.29, 1.82) is 0 Å². The van der Waals surface area contributed by atoms with Gasteiger partial charge in [0.05, 0.1) is 6.10 Å². The first-order chi connectivity index (χ1) is 36.9. The third-order valence-electron chi connectivity index (χ3n) is 14.8. The van der Waals surface area contributed by atoms with Crippen LogP contribution in [0.2, 0.25) is 0 Å². The van der Waals surface area contributed by atoms with Crippen molar-refractivity contribution in [2.75, 3.05) is 28.2 Å². The van der Waals surface area contributed by atoms with Gasteiger partial charge in [0.2, 0.25) is 47.5 Å². The summed E-state index contributed by atoms with van der Waals surface area (Å²) in [6.07, 6.45) is -5.59. The van der Waals surface area contributed by atoms with Gasteiger partial charge >= 0.3 is 17.9 Å². The molecule has 0 aliphatic carbocycles. The number of ether oxygens (including phenoxy) is 3. The van der Waals surface area contributed by atoms with E-state index < -0.39 is 162 Å². The summed E-state index contributed by atoms with van der Waals surface area (Å²) in [7, 11) is 5.43. The minimum atomic E-state index is -1.85. The van der Waals surface area contributed by atoms with E-state index in [-0.39, 0.29) is 37.0 Å². The van der Waals surface area contributed by atoms with Crippen LogP contribution < -0.4 is 21.3 Å². The van der Waals surface area contributed by atoms with Gasteiger partial charge in [-0.05, 0) is 75.5 Å². The van der Waals surface area contributed by atoms with Crippen molar-refractivity contribution in [2.24, 2.45) is 41.4 Å². The number of rotatable bonds is 16. The van der Waals surface area contributed by atoms with Crippen LogP contribution in [0.4, 0.5) is 0 Å². The Morgan fingerprint density at radius 1 is 0.600 bits per heavy atom. The normalized spacial score (nSPS) is 27.1. The average molecular weight is 1140 g/mol. The Kier molecular flexibility index (Phi) is 29.3. The van der Waals surface area contributed by atoms with Crippen LogP contribution in [0.15, 0.2) is 0 Å². The van der Waals surface area contributed by atoms with E-state index in [0.29, 0.717) is 12.8 Å². The Morgan fingerprint density at radius 3 is 1.56 bits per heavy atom. The molecule has 10 unspecified atom stereocenters. The van der Waals surface area contributed by atoms with Gasteiger partial charge in [-0.3, -0.25) is 38.4 Å². The summed E-state index contributed by atoms with van der Waals surface area (Å²) < 4.78 is 17.7. The number of aliphatic hydroxyl groups excluding tert-OH is 1. The Hall–Kier alpha value is -5.87. The highest BCUT2D eigenvalue weighted by atomic mass is 16.6. The molecule has 0 aromatic rings. The van der Waals surface area contributed by atoms with Gasteiger partial charge in [0.15, 0.2) is 12.1 Å². The molecule has 14 atom stereocenters. The van der Waals surface area contributed by atoms with E-state index in [9.17, 15) is 57.8 Å². The van der Waals surface area contributed by atoms with Crippen LogP contribution >= 0.6 is 0 Å². The molecule has 23 nitrogen and oxygen atoms in total. The number of hydrogen-bond donors (Lipinski definition) is 5. The van der Waals surface area contributed by atoms with Crippen LogP contribution in [0.3, 0.4) is 0 Å². The van der Waals surface area contributed by atoms with E-state index in [1.54, 1.807) is 83.1 Å². The lowest BCUT2D eigenvalue weighted by Gasteiger charge is -2.37. The zero-order chi connectivity index (χ0) is 62.1. The molecule has 0 spiro atoms. The Balaban J connectivity index is 4.37. The SMILES string of the molecule is CCC(C)C(C(=O)NC1C(=O)OC(C(C)C)C(=O)O[C@@H](CC(C)C)C(=O)NC([C@@H](C)CC)C(=O)N(C)C(CC(C)C)C(=O)N[C@@H](C(C)O)C(=O)N(C)C(C(C)C)C(=O)N[C@@H](C)C(=O)N(C)C(CC(C)C)C(=O)OC1C)N(C)C(C)=O. The molecule has 1 rings (SSSR count). The summed E-state index contributed by atoms with van der Waals surface area (Å²) in [5.41, 5.74) is 0. The maximum absolute atomic E-state index is 14.7. The second kappa shape index (κ2) is 32.5. The highest BCUT2D eigenvalue weighted by Crippen LogP contribution is 2.23. The molecule has 1 aliphatic heterocycles. The van der Waals surface area contributed by atoms with Gasteiger partial charge in [0, 0.05) is 41.0 Å². The van der Waals surface area contributed by atoms with Gasteiger partial charge in [0.25, 0.3) is 5.91 Å². The maximum Gasteiger partial charge on any atom is 0.348 e. The molecule has 1 aliphatic rings. The molecule has 0 aromatic carbocycles. The molecule has 23 heteroatoms. The van der Waals surface area contributed by atoms with Gasteiger partial charge in [0.1, 0.15) is 48.4 Å². The molecule has 80 heavy (non-hydrogen) atoms. The smallest absolute Gasteiger partial charge is 0.348 e. The standard InChI is InChI=1S/C57H100N8O15/c1-23-33(13)42-53(73)63(20)39(25-28(3)4)48(68)60-43(36(16)66)54(74)65(22)45(31(9)10)50(70)58-35(15)52(72)64(21)40(26-29(5)6)55(75)78-37(17)44(61-51(71)46(34(14)24-2)62(19)38(18)67)56(76)80-47(32(11)12)57(77)79-41(27-30(7)8)49(69)59-42/h28-37,39-47,66H,23-27H2,1-22H3,(H,58,70)(H,59,69)(H,60,68)(H,61,71)/t33-,34?,35-,36?,37?,39?,40?,41-,42?,43-,44?,45?,46?,47?/m0/s1. The molecule has 0 bridgehead atoms. The summed E-state index contributed by atoms with van der Waals surface area (Å²) in [5.74, 6) is -12.7. The van der Waals surface area contributed by atoms with E-state index in [1.807, 2.05) is 13.8 Å². The molecule has 458 valence electrons. The second-order valence-corrected chi connectivity index (χ2v) is 23.9. The van der Waals surface area contributed by atoms with Crippen LogP contribution in [0.25, 0.3) is 0 Å². The number of amides is 8. The fourth-order valence-corrected chi connectivity index (χ4v) is 9.46. The van der Waals surface area contributed by atoms with Crippen LogP contribution in [0, 0.1) is 41.4 Å². The third kappa shape index (κ3) is 20.3. The van der Waals surface area contributed by atoms with Crippen molar-refractivity contribution in [2.45, 2.75) is 229 Å². The Bertz CT molecular complexity index is 2150. The summed E-state index contributed by atoms with van der Waals surface area (Å²) in [5, 5.41) is 21.7. The summed E-state index contributed by atoms with van der Waals surface area (Å²) in [6, 6.07) is -11.1. The first kappa shape index (κ1) is 72.1. The number of aliphatic hydroxyl groups is 1. The Labute approximate surface area is 475 Å². The fourth-order valence-electron chi connectivity index (χ4n) is 9.46. The van der Waals surface area contributed by atoms with Gasteiger partial charge in [-0.15, -0.1) is 0 Å². The quantitative estimate of drug-likeness (QED) is 0.110. The lowest BCUT2D eigenvalue weighted by Crippen LogP contribution is -2.63. The van der Waals surface area contributed by atoms with Crippen molar-refractivity contribution in [3.8, 4) is 0 Å². The average Bonchev–Trinajstić information content (AvgIpc) is 3.35. The number of nitrogens with one attached hydrogen (secondary N) is 4. The number of cyclic esters (lactones) is 3. The van der Waals surface area contributed by atoms with Crippen molar-refractivity contribution >= 4 is 65.2 Å². The van der Waals surface area contributed by atoms with Gasteiger partial charge < -0.3 is 60.2 Å². The number of nitrogens with zero attached hydrogens (tertiary/aromatic N) is 4. The molecule has 0 saturated carbocycles. The molecule has 1 saturated heterocycles. The molecule has 1 heterocycles.